The molecule has 1 N–H and O–H groups in total. The molecule has 1 aliphatic carbocycles. The summed E-state index contributed by atoms with van der Waals surface area (Å²) in [6.07, 6.45) is 3.47. The molecule has 70 valence electrons. The van der Waals surface area contributed by atoms with Crippen LogP contribution in [-0.2, 0) is 4.79 Å². The van der Waals surface area contributed by atoms with Gasteiger partial charge in [0.2, 0.25) is 0 Å². The van der Waals surface area contributed by atoms with E-state index in [0.29, 0.717) is 37.4 Å². The van der Waals surface area contributed by atoms with Gasteiger partial charge in [-0.15, -0.1) is 0 Å². The van der Waals surface area contributed by atoms with Crippen LogP contribution in [0.5, 0.6) is 0 Å². The van der Waals surface area contributed by atoms with Crippen molar-refractivity contribution in [2.45, 2.75) is 51.6 Å². The molecule has 1 aliphatic rings. The van der Waals surface area contributed by atoms with Crippen molar-refractivity contribution in [3.8, 4) is 0 Å². The summed E-state index contributed by atoms with van der Waals surface area (Å²) in [4.78, 5) is 11.0. The second-order valence-corrected chi connectivity index (χ2v) is 3.95. The van der Waals surface area contributed by atoms with E-state index in [4.69, 9.17) is 0 Å². The van der Waals surface area contributed by atoms with Crippen LogP contribution in [0.3, 0.4) is 0 Å². The Hall–Kier alpha value is -0.370. The number of carbonyl (C=O) groups is 1. The van der Waals surface area contributed by atoms with E-state index in [1.165, 1.54) is 0 Å². The van der Waals surface area contributed by atoms with Crippen LogP contribution >= 0.6 is 0 Å². The van der Waals surface area contributed by atoms with Gasteiger partial charge in [0, 0.05) is 12.8 Å². The number of ketones is 1. The largest absolute Gasteiger partial charge is 0.390 e. The van der Waals surface area contributed by atoms with Gasteiger partial charge >= 0.3 is 0 Å². The maximum Gasteiger partial charge on any atom is 0.133 e. The molecule has 1 rings (SSSR count). The molecular weight excluding hydrogens is 152 g/mol. The molecule has 0 saturated heterocycles. The molecular formula is C10H18O2. The first kappa shape index (κ1) is 9.72. The minimum Gasteiger partial charge on any atom is -0.390 e. The van der Waals surface area contributed by atoms with Gasteiger partial charge in [0.15, 0.2) is 0 Å². The highest BCUT2D eigenvalue weighted by Gasteiger charge is 2.36. The number of carbonyl (C=O) groups excluding carboxylic acids is 1. The topological polar surface area (TPSA) is 37.3 Å². The van der Waals surface area contributed by atoms with Gasteiger partial charge in [-0.1, -0.05) is 20.3 Å². The average Bonchev–Trinajstić information content (AvgIpc) is 2.09. The minimum absolute atomic E-state index is 0.308. The van der Waals surface area contributed by atoms with Gasteiger partial charge in [-0.3, -0.25) is 4.79 Å². The predicted octanol–water partition coefficient (Wildman–Crippen LogP) is 1.91. The highest BCUT2D eigenvalue weighted by Crippen LogP contribution is 2.34. The van der Waals surface area contributed by atoms with Crippen LogP contribution in [0.25, 0.3) is 0 Å². The first-order chi connectivity index (χ1) is 5.58. The minimum atomic E-state index is -0.553. The summed E-state index contributed by atoms with van der Waals surface area (Å²) in [5, 5.41) is 10.1. The van der Waals surface area contributed by atoms with E-state index in [1.807, 2.05) is 0 Å². The third-order valence-corrected chi connectivity index (χ3v) is 3.20. The van der Waals surface area contributed by atoms with Crippen molar-refractivity contribution in [2.75, 3.05) is 0 Å². The van der Waals surface area contributed by atoms with E-state index in [0.717, 1.165) is 6.42 Å². The highest BCUT2D eigenvalue weighted by atomic mass is 16.3. The second kappa shape index (κ2) is 3.56. The van der Waals surface area contributed by atoms with E-state index < -0.39 is 5.60 Å². The number of rotatable bonds is 2. The Kier molecular flexibility index (Phi) is 2.89. The van der Waals surface area contributed by atoms with Crippen LogP contribution in [0.15, 0.2) is 0 Å². The number of aliphatic hydroxyl groups is 1. The van der Waals surface area contributed by atoms with Crippen molar-refractivity contribution in [3.05, 3.63) is 0 Å². The molecule has 1 fully saturated rings. The van der Waals surface area contributed by atoms with Gasteiger partial charge in [-0.25, -0.2) is 0 Å². The van der Waals surface area contributed by atoms with Gasteiger partial charge in [0.25, 0.3) is 0 Å². The molecule has 2 nitrogen and oxygen atoms in total. The van der Waals surface area contributed by atoms with E-state index in [2.05, 4.69) is 13.8 Å². The molecule has 0 bridgehead atoms. The molecule has 12 heavy (non-hydrogen) atoms. The number of hydrogen-bond acceptors (Lipinski definition) is 2. The van der Waals surface area contributed by atoms with Gasteiger partial charge in [-0.05, 0) is 18.8 Å². The lowest BCUT2D eigenvalue weighted by molar-refractivity contribution is -0.128. The third-order valence-electron chi connectivity index (χ3n) is 3.20. The van der Waals surface area contributed by atoms with E-state index in [-0.39, 0.29) is 0 Å². The van der Waals surface area contributed by atoms with Gasteiger partial charge in [0.1, 0.15) is 5.78 Å². The van der Waals surface area contributed by atoms with Crippen LogP contribution in [0.2, 0.25) is 0 Å². The van der Waals surface area contributed by atoms with Crippen molar-refractivity contribution in [3.63, 3.8) is 0 Å². The lowest BCUT2D eigenvalue weighted by Gasteiger charge is -2.36. The fourth-order valence-corrected chi connectivity index (χ4v) is 1.83. The summed E-state index contributed by atoms with van der Waals surface area (Å²) >= 11 is 0. The normalized spacial score (nSPS) is 25.4. The third kappa shape index (κ3) is 1.86. The maximum absolute atomic E-state index is 11.0. The monoisotopic (exact) mass is 170 g/mol. The summed E-state index contributed by atoms with van der Waals surface area (Å²) in [6.45, 7) is 4.15. The zero-order valence-corrected chi connectivity index (χ0v) is 7.97. The van der Waals surface area contributed by atoms with Crippen LogP contribution in [0.4, 0.5) is 0 Å². The van der Waals surface area contributed by atoms with Gasteiger partial charge in [-0.2, -0.15) is 0 Å². The summed E-state index contributed by atoms with van der Waals surface area (Å²) in [5.74, 6) is 0.633. The van der Waals surface area contributed by atoms with Crippen molar-refractivity contribution in [2.24, 2.45) is 5.92 Å². The molecule has 2 heteroatoms. The van der Waals surface area contributed by atoms with Crippen LogP contribution < -0.4 is 0 Å². The number of Topliss-reactive ketones (excluding diaryl/α,β-unsaturated/α-hetero) is 1. The van der Waals surface area contributed by atoms with E-state index >= 15 is 0 Å². The zero-order chi connectivity index (χ0) is 9.19. The van der Waals surface area contributed by atoms with E-state index in [9.17, 15) is 9.90 Å². The molecule has 0 radical (unpaired) electrons. The van der Waals surface area contributed by atoms with Crippen molar-refractivity contribution >= 4 is 5.78 Å². The van der Waals surface area contributed by atoms with Crippen LogP contribution in [-0.4, -0.2) is 16.5 Å². The van der Waals surface area contributed by atoms with Crippen molar-refractivity contribution in [1.82, 2.24) is 0 Å². The van der Waals surface area contributed by atoms with E-state index in [1.54, 1.807) is 0 Å². The summed E-state index contributed by atoms with van der Waals surface area (Å²) in [5.41, 5.74) is -0.553. The maximum atomic E-state index is 11.0. The average molecular weight is 170 g/mol. The standard InChI is InChI=1S/C10H18O2/c1-3-8(2)10(12)6-4-9(11)5-7-10/h8,12H,3-7H2,1-2H3. The molecule has 0 heterocycles. The Morgan fingerprint density at radius 1 is 1.50 bits per heavy atom. The SMILES string of the molecule is CCC(C)C1(O)CCC(=O)CC1. The molecule has 0 aliphatic heterocycles. The molecule has 0 aromatic carbocycles. The molecule has 0 amide bonds. The Morgan fingerprint density at radius 3 is 2.42 bits per heavy atom. The summed E-state index contributed by atoms with van der Waals surface area (Å²) in [6, 6.07) is 0. The second-order valence-electron chi connectivity index (χ2n) is 3.95. The van der Waals surface area contributed by atoms with Crippen LogP contribution in [0, 0.1) is 5.92 Å². The van der Waals surface area contributed by atoms with Crippen molar-refractivity contribution < 1.29 is 9.90 Å². The molecule has 0 aromatic rings. The molecule has 1 unspecified atom stereocenters. The smallest absolute Gasteiger partial charge is 0.133 e. The fourth-order valence-electron chi connectivity index (χ4n) is 1.83. The summed E-state index contributed by atoms with van der Waals surface area (Å²) in [7, 11) is 0. The van der Waals surface area contributed by atoms with Gasteiger partial charge in [0.05, 0.1) is 5.60 Å². The Bertz CT molecular complexity index is 165. The molecule has 1 atom stereocenters. The van der Waals surface area contributed by atoms with Gasteiger partial charge < -0.3 is 5.11 Å². The first-order valence-corrected chi connectivity index (χ1v) is 4.82. The van der Waals surface area contributed by atoms with Crippen molar-refractivity contribution in [1.29, 1.82) is 0 Å². The Morgan fingerprint density at radius 2 is 2.00 bits per heavy atom. The molecule has 0 aromatic heterocycles. The predicted molar refractivity (Wildman–Crippen MR) is 47.9 cm³/mol. The zero-order valence-electron chi connectivity index (χ0n) is 7.97. The first-order valence-electron chi connectivity index (χ1n) is 4.82. The Labute approximate surface area is 74.0 Å². The number of hydrogen-bond donors (Lipinski definition) is 1. The molecule has 0 spiro atoms. The van der Waals surface area contributed by atoms with Crippen LogP contribution in [0.1, 0.15) is 46.0 Å². The highest BCUT2D eigenvalue weighted by molar-refractivity contribution is 5.79. The summed E-state index contributed by atoms with van der Waals surface area (Å²) < 4.78 is 0. The Balaban J connectivity index is 2.55. The lowest BCUT2D eigenvalue weighted by atomic mass is 9.75. The quantitative estimate of drug-likeness (QED) is 0.687. The fraction of sp³-hybridized carbons (Fsp3) is 0.900. The lowest BCUT2D eigenvalue weighted by Crippen LogP contribution is -2.40. The molecule has 1 saturated carbocycles.